The molecule has 7 nitrogen and oxygen atoms in total. The number of hydrazone groups is 1. The lowest BCUT2D eigenvalue weighted by Gasteiger charge is -2.22. The van der Waals surface area contributed by atoms with Crippen LogP contribution in [0.15, 0.2) is 81.2 Å². The quantitative estimate of drug-likeness (QED) is 0.280. The van der Waals surface area contributed by atoms with E-state index < -0.39 is 22.5 Å². The monoisotopic (exact) mass is 583 g/mol. The highest BCUT2D eigenvalue weighted by atomic mass is 79.9. The van der Waals surface area contributed by atoms with Gasteiger partial charge in [-0.1, -0.05) is 69.5 Å². The van der Waals surface area contributed by atoms with Crippen LogP contribution in [-0.2, 0) is 21.4 Å². The highest BCUT2D eigenvalue weighted by Gasteiger charge is 2.29. The van der Waals surface area contributed by atoms with Gasteiger partial charge in [0.25, 0.3) is 5.91 Å². The van der Waals surface area contributed by atoms with Gasteiger partial charge >= 0.3 is 0 Å². The third-order valence-electron chi connectivity index (χ3n) is 4.62. The summed E-state index contributed by atoms with van der Waals surface area (Å²) in [6.07, 6.45) is 1.41. The van der Waals surface area contributed by atoms with E-state index in [1.165, 1.54) is 31.5 Å². The molecule has 0 aliphatic heterocycles. The van der Waals surface area contributed by atoms with Crippen LogP contribution in [0.3, 0.4) is 0 Å². The lowest BCUT2D eigenvalue weighted by molar-refractivity contribution is -0.121. The molecule has 3 aromatic rings. The summed E-state index contributed by atoms with van der Waals surface area (Å²) in [5, 5.41) is 4.15. The van der Waals surface area contributed by atoms with Crippen molar-refractivity contribution in [3.8, 4) is 5.75 Å². The van der Waals surface area contributed by atoms with Crippen LogP contribution in [0.4, 0.5) is 0 Å². The predicted molar refractivity (Wildman–Crippen MR) is 137 cm³/mol. The van der Waals surface area contributed by atoms with Crippen molar-refractivity contribution in [3.05, 3.63) is 92.4 Å². The molecule has 178 valence electrons. The Morgan fingerprint density at radius 3 is 2.56 bits per heavy atom. The molecule has 0 saturated heterocycles. The molecule has 0 aromatic heterocycles. The summed E-state index contributed by atoms with van der Waals surface area (Å²) in [5.41, 5.74) is 3.68. The fraction of sp³-hybridized carbons (Fsp3) is 0.130. The topological polar surface area (TPSA) is 88.1 Å². The van der Waals surface area contributed by atoms with E-state index >= 15 is 0 Å². The first-order chi connectivity index (χ1) is 16.2. The van der Waals surface area contributed by atoms with E-state index in [-0.39, 0.29) is 21.5 Å². The van der Waals surface area contributed by atoms with Gasteiger partial charge < -0.3 is 4.74 Å². The Morgan fingerprint density at radius 2 is 1.85 bits per heavy atom. The summed E-state index contributed by atoms with van der Waals surface area (Å²) in [6, 6.07) is 18.4. The van der Waals surface area contributed by atoms with Gasteiger partial charge in [-0.15, -0.1) is 0 Å². The Kier molecular flexibility index (Phi) is 9.10. The maximum atomic E-state index is 13.4. The second-order valence-electron chi connectivity index (χ2n) is 7.01. The molecule has 0 aliphatic carbocycles. The summed E-state index contributed by atoms with van der Waals surface area (Å²) in [4.78, 5) is 12.5. The number of carbonyl (C=O) groups excluding carboxylic acids is 1. The van der Waals surface area contributed by atoms with E-state index in [4.69, 9.17) is 27.9 Å². The molecule has 0 heterocycles. The molecule has 0 spiro atoms. The van der Waals surface area contributed by atoms with Crippen LogP contribution in [-0.4, -0.2) is 38.5 Å². The normalized spacial score (nSPS) is 11.7. The Hall–Kier alpha value is -2.43. The number of nitrogens with zero attached hydrogens (tertiary/aromatic N) is 2. The van der Waals surface area contributed by atoms with Crippen molar-refractivity contribution >= 4 is 61.3 Å². The van der Waals surface area contributed by atoms with Gasteiger partial charge in [0.2, 0.25) is 10.0 Å². The molecule has 1 amide bonds. The maximum Gasteiger partial charge on any atom is 0.255 e. The number of halogens is 3. The fourth-order valence-corrected chi connectivity index (χ4v) is 5.50. The molecule has 0 aliphatic rings. The van der Waals surface area contributed by atoms with Crippen molar-refractivity contribution in [1.82, 2.24) is 9.73 Å². The molecule has 0 atom stereocenters. The van der Waals surface area contributed by atoms with Crippen LogP contribution >= 0.6 is 39.1 Å². The highest BCUT2D eigenvalue weighted by Crippen LogP contribution is 2.28. The minimum absolute atomic E-state index is 0.00244. The summed E-state index contributed by atoms with van der Waals surface area (Å²) in [6.45, 7) is -0.546. The molecule has 0 fully saturated rings. The number of hydrogen-bond donors (Lipinski definition) is 1. The second-order valence-corrected chi connectivity index (χ2v) is 10.7. The first kappa shape index (κ1) is 26.2. The number of sulfonamides is 1. The molecular weight excluding hydrogens is 565 g/mol. The smallest absolute Gasteiger partial charge is 0.255 e. The summed E-state index contributed by atoms with van der Waals surface area (Å²) < 4.78 is 33.9. The van der Waals surface area contributed by atoms with E-state index in [1.54, 1.807) is 36.4 Å². The average Bonchev–Trinajstić information content (AvgIpc) is 2.81. The summed E-state index contributed by atoms with van der Waals surface area (Å²) in [5.74, 6) is -0.0760. The van der Waals surface area contributed by atoms with Crippen molar-refractivity contribution < 1.29 is 17.9 Å². The van der Waals surface area contributed by atoms with Crippen molar-refractivity contribution in [2.75, 3.05) is 13.7 Å². The molecule has 3 aromatic carbocycles. The SMILES string of the molecule is COc1ccc(Br)cc1C=NNC(=O)CN(Cc1ccccc1)S(=O)(=O)c1cc(Cl)ccc1Cl. The zero-order valence-electron chi connectivity index (χ0n) is 17.9. The van der Waals surface area contributed by atoms with E-state index in [1.807, 2.05) is 12.1 Å². The number of benzene rings is 3. The number of ether oxygens (including phenoxy) is 1. The zero-order valence-corrected chi connectivity index (χ0v) is 21.8. The van der Waals surface area contributed by atoms with Crippen molar-refractivity contribution in [1.29, 1.82) is 0 Å². The van der Waals surface area contributed by atoms with Crippen molar-refractivity contribution in [2.24, 2.45) is 5.10 Å². The highest BCUT2D eigenvalue weighted by molar-refractivity contribution is 9.10. The minimum Gasteiger partial charge on any atom is -0.496 e. The van der Waals surface area contributed by atoms with Crippen LogP contribution < -0.4 is 10.2 Å². The molecule has 0 radical (unpaired) electrons. The predicted octanol–water partition coefficient (Wildman–Crippen LogP) is 5.11. The number of methoxy groups -OCH3 is 1. The Bertz CT molecular complexity index is 1300. The number of amides is 1. The Balaban J connectivity index is 1.83. The number of hydrogen-bond acceptors (Lipinski definition) is 5. The van der Waals surface area contributed by atoms with Gasteiger partial charge in [-0.25, -0.2) is 13.8 Å². The fourth-order valence-electron chi connectivity index (χ4n) is 3.00. The standard InChI is InChI=1S/C23H20BrCl2N3O4S/c1-33-21-10-7-18(24)11-17(21)13-27-28-23(30)15-29(14-16-5-3-2-4-6-16)34(31,32)22-12-19(25)8-9-20(22)26/h2-13H,14-15H2,1H3,(H,28,30). The largest absolute Gasteiger partial charge is 0.496 e. The van der Waals surface area contributed by atoms with Crippen molar-refractivity contribution in [2.45, 2.75) is 11.4 Å². The van der Waals surface area contributed by atoms with Crippen LogP contribution in [0.25, 0.3) is 0 Å². The zero-order chi connectivity index (χ0) is 24.7. The molecular formula is C23H20BrCl2N3O4S. The Labute approximate surface area is 216 Å². The van der Waals surface area contributed by atoms with Crippen LogP contribution in [0.2, 0.25) is 10.0 Å². The maximum absolute atomic E-state index is 13.4. The molecule has 34 heavy (non-hydrogen) atoms. The van der Waals surface area contributed by atoms with Gasteiger partial charge in [-0.05, 0) is 42.0 Å². The van der Waals surface area contributed by atoms with Crippen LogP contribution in [0.5, 0.6) is 5.75 Å². The van der Waals surface area contributed by atoms with Crippen LogP contribution in [0.1, 0.15) is 11.1 Å². The third kappa shape index (κ3) is 6.80. The van der Waals surface area contributed by atoms with Gasteiger partial charge in [0.15, 0.2) is 0 Å². The second kappa shape index (κ2) is 11.8. The summed E-state index contributed by atoms with van der Waals surface area (Å²) in [7, 11) is -2.64. The Morgan fingerprint density at radius 1 is 1.12 bits per heavy atom. The first-order valence-electron chi connectivity index (χ1n) is 9.85. The lowest BCUT2D eigenvalue weighted by atomic mass is 10.2. The van der Waals surface area contributed by atoms with E-state index in [2.05, 4.69) is 26.5 Å². The van der Waals surface area contributed by atoms with Gasteiger partial charge in [0.1, 0.15) is 10.6 Å². The number of carbonyl (C=O) groups is 1. The molecule has 11 heteroatoms. The molecule has 0 saturated carbocycles. The van der Waals surface area contributed by atoms with Gasteiger partial charge in [0.05, 0.1) is 24.9 Å². The summed E-state index contributed by atoms with van der Waals surface area (Å²) >= 11 is 15.5. The van der Waals surface area contributed by atoms with E-state index in [0.717, 1.165) is 8.78 Å². The first-order valence-corrected chi connectivity index (χ1v) is 12.8. The van der Waals surface area contributed by atoms with Crippen molar-refractivity contribution in [3.63, 3.8) is 0 Å². The van der Waals surface area contributed by atoms with E-state index in [0.29, 0.717) is 16.9 Å². The van der Waals surface area contributed by atoms with Crippen LogP contribution in [0, 0.1) is 0 Å². The lowest BCUT2D eigenvalue weighted by Crippen LogP contribution is -2.39. The molecule has 3 rings (SSSR count). The van der Waals surface area contributed by atoms with Gasteiger partial charge in [-0.2, -0.15) is 9.41 Å². The molecule has 1 N–H and O–H groups in total. The number of rotatable bonds is 9. The molecule has 0 unspecified atom stereocenters. The molecule has 0 bridgehead atoms. The third-order valence-corrected chi connectivity index (χ3v) is 7.62. The average molecular weight is 585 g/mol. The van der Waals surface area contributed by atoms with E-state index in [9.17, 15) is 13.2 Å². The van der Waals surface area contributed by atoms with Gasteiger partial charge in [0, 0.05) is 21.6 Å². The van der Waals surface area contributed by atoms with Gasteiger partial charge in [-0.3, -0.25) is 4.79 Å². The minimum atomic E-state index is -4.16. The number of nitrogens with one attached hydrogen (secondary N) is 1.